The Kier molecular flexibility index (Phi) is 30.1. The van der Waals surface area contributed by atoms with Crippen molar-refractivity contribution in [2.75, 3.05) is 0 Å². The molecule has 0 saturated heterocycles. The molecule has 6 nitrogen and oxygen atoms in total. The number of ketones is 2. The molecule has 0 atom stereocenters. The van der Waals surface area contributed by atoms with Gasteiger partial charge in [0.25, 0.3) is 0 Å². The summed E-state index contributed by atoms with van der Waals surface area (Å²) in [5, 5.41) is 20.0. The second-order valence-corrected chi connectivity index (χ2v) is 2.73. The molecule has 0 fully saturated rings. The minimum absolute atomic E-state index is 0. The first-order valence-electron chi connectivity index (χ1n) is 3.97. The first kappa shape index (κ1) is 29.7. The average molecular weight is 289 g/mol. The minimum Gasteiger partial charge on any atom is -0.876 e. The zero-order valence-corrected chi connectivity index (χ0v) is 11.3. The third kappa shape index (κ3) is 52.2. The van der Waals surface area contributed by atoms with Crippen LogP contribution < -0.4 is 10.2 Å². The molecule has 0 aromatic rings. The van der Waals surface area contributed by atoms with Gasteiger partial charge >= 0.3 is 0 Å². The molecule has 1 radical (unpaired) electrons. The van der Waals surface area contributed by atoms with Crippen LogP contribution in [0, 0.1) is 0 Å². The molecule has 0 saturated carbocycles. The van der Waals surface area contributed by atoms with Crippen LogP contribution in [0.25, 0.3) is 0 Å². The van der Waals surface area contributed by atoms with E-state index in [1.165, 1.54) is 27.7 Å². The third-order valence-electron chi connectivity index (χ3n) is 0.813. The Morgan fingerprint density at radius 1 is 0.765 bits per heavy atom. The van der Waals surface area contributed by atoms with Gasteiger partial charge in [0.2, 0.25) is 0 Å². The molecule has 0 rings (SSSR count). The SMILES string of the molecule is CC(=O)/C=C(/C)[O-].CC(=O)/C=C(/C)[O-].O.O.[Mn]. The largest absolute Gasteiger partial charge is 0.876 e. The summed E-state index contributed by atoms with van der Waals surface area (Å²) in [5.74, 6) is -0.750. The summed E-state index contributed by atoms with van der Waals surface area (Å²) in [6, 6.07) is 0. The molecule has 0 aliphatic heterocycles. The van der Waals surface area contributed by atoms with Crippen LogP contribution in [-0.4, -0.2) is 22.5 Å². The molecule has 0 unspecified atom stereocenters. The van der Waals surface area contributed by atoms with Gasteiger partial charge in [0, 0.05) is 17.1 Å². The van der Waals surface area contributed by atoms with E-state index in [-0.39, 0.29) is 51.1 Å². The molecule has 103 valence electrons. The number of rotatable bonds is 2. The van der Waals surface area contributed by atoms with Crippen molar-refractivity contribution in [1.29, 1.82) is 0 Å². The molecular weight excluding hydrogens is 271 g/mol. The van der Waals surface area contributed by atoms with Crippen LogP contribution in [0.3, 0.4) is 0 Å². The first-order valence-corrected chi connectivity index (χ1v) is 3.97. The van der Waals surface area contributed by atoms with Gasteiger partial charge in [0.1, 0.15) is 0 Å². The average Bonchev–Trinajstić information content (AvgIpc) is 1.79. The first-order chi connectivity index (χ1) is 6.25. The van der Waals surface area contributed by atoms with E-state index >= 15 is 0 Å². The van der Waals surface area contributed by atoms with Crippen LogP contribution >= 0.6 is 0 Å². The summed E-state index contributed by atoms with van der Waals surface area (Å²) in [7, 11) is 0. The van der Waals surface area contributed by atoms with Crippen LogP contribution in [0.2, 0.25) is 0 Å². The van der Waals surface area contributed by atoms with Gasteiger partial charge in [-0.25, -0.2) is 0 Å². The Hall–Kier alpha value is -1.14. The predicted octanol–water partition coefficient (Wildman–Crippen LogP) is -1.97. The van der Waals surface area contributed by atoms with Crippen LogP contribution in [0.1, 0.15) is 27.7 Å². The fraction of sp³-hybridized carbons (Fsp3) is 0.400. The number of allylic oxidation sites excluding steroid dienone is 4. The van der Waals surface area contributed by atoms with E-state index in [1.807, 2.05) is 0 Å². The Morgan fingerprint density at radius 3 is 0.941 bits per heavy atom. The summed E-state index contributed by atoms with van der Waals surface area (Å²) in [6.45, 7) is 5.39. The standard InChI is InChI=1S/2C5H8O2.Mn.2H2O/c2*1-4(6)3-5(2)7;;;/h2*3,6H,1-2H3;;2*1H2/p-2/b2*4-3-;;;. The molecule has 0 spiro atoms. The van der Waals surface area contributed by atoms with Gasteiger partial charge in [0.15, 0.2) is 11.6 Å². The molecule has 0 bridgehead atoms. The van der Waals surface area contributed by atoms with Crippen molar-refractivity contribution >= 4 is 11.6 Å². The predicted molar refractivity (Wildman–Crippen MR) is 56.1 cm³/mol. The van der Waals surface area contributed by atoms with Crippen LogP contribution in [-0.2, 0) is 26.7 Å². The maximum Gasteiger partial charge on any atom is 0.151 e. The smallest absolute Gasteiger partial charge is 0.151 e. The van der Waals surface area contributed by atoms with Gasteiger partial charge in [-0.05, 0) is 26.0 Å². The van der Waals surface area contributed by atoms with E-state index in [4.69, 9.17) is 0 Å². The molecule has 0 aromatic carbocycles. The molecule has 0 amide bonds. The van der Waals surface area contributed by atoms with Gasteiger partial charge in [0.05, 0.1) is 0 Å². The normalized spacial score (nSPS) is 9.41. The van der Waals surface area contributed by atoms with Crippen molar-refractivity contribution in [2.45, 2.75) is 27.7 Å². The van der Waals surface area contributed by atoms with Crippen molar-refractivity contribution in [3.05, 3.63) is 23.7 Å². The number of hydrogen-bond donors (Lipinski definition) is 0. The van der Waals surface area contributed by atoms with E-state index in [2.05, 4.69) is 0 Å². The summed E-state index contributed by atoms with van der Waals surface area (Å²) in [5.41, 5.74) is 0. The molecular formula is C10H18MnO6-2. The van der Waals surface area contributed by atoms with E-state index in [0.717, 1.165) is 12.2 Å². The topological polar surface area (TPSA) is 143 Å². The fourth-order valence-electron chi connectivity index (χ4n) is 0.572. The van der Waals surface area contributed by atoms with Gasteiger partial charge in [-0.3, -0.25) is 9.59 Å². The van der Waals surface area contributed by atoms with Crippen LogP contribution in [0.5, 0.6) is 0 Å². The van der Waals surface area contributed by atoms with Gasteiger partial charge in [-0.1, -0.05) is 13.8 Å². The summed E-state index contributed by atoms with van der Waals surface area (Å²) >= 11 is 0. The second-order valence-electron chi connectivity index (χ2n) is 2.73. The molecule has 0 heterocycles. The summed E-state index contributed by atoms with van der Waals surface area (Å²) in [4.78, 5) is 20.0. The minimum atomic E-state index is -0.187. The third-order valence-corrected chi connectivity index (χ3v) is 0.813. The molecule has 0 aliphatic rings. The van der Waals surface area contributed by atoms with E-state index < -0.39 is 0 Å². The number of hydrogen-bond acceptors (Lipinski definition) is 4. The van der Waals surface area contributed by atoms with Crippen molar-refractivity contribution in [2.24, 2.45) is 0 Å². The van der Waals surface area contributed by atoms with E-state index in [1.54, 1.807) is 0 Å². The zero-order valence-electron chi connectivity index (χ0n) is 10.2. The Labute approximate surface area is 111 Å². The second kappa shape index (κ2) is 17.3. The van der Waals surface area contributed by atoms with Gasteiger partial charge in [-0.2, -0.15) is 0 Å². The quantitative estimate of drug-likeness (QED) is 0.330. The molecule has 0 aliphatic carbocycles. The Balaban J connectivity index is -0.0000000480. The van der Waals surface area contributed by atoms with Gasteiger partial charge < -0.3 is 21.2 Å². The monoisotopic (exact) mass is 289 g/mol. The summed E-state index contributed by atoms with van der Waals surface area (Å²) < 4.78 is 0. The Morgan fingerprint density at radius 2 is 0.941 bits per heavy atom. The van der Waals surface area contributed by atoms with Crippen LogP contribution in [0.4, 0.5) is 0 Å². The molecule has 0 aromatic heterocycles. The van der Waals surface area contributed by atoms with Crippen molar-refractivity contribution < 1.29 is 47.8 Å². The Bertz CT molecular complexity index is 234. The zero-order chi connectivity index (χ0) is 11.7. The maximum absolute atomic E-state index is 9.98. The fourth-order valence-corrected chi connectivity index (χ4v) is 0.572. The van der Waals surface area contributed by atoms with Crippen molar-refractivity contribution in [3.63, 3.8) is 0 Å². The van der Waals surface area contributed by atoms with Crippen molar-refractivity contribution in [3.8, 4) is 0 Å². The number of carbonyl (C=O) groups is 2. The van der Waals surface area contributed by atoms with Crippen LogP contribution in [0.15, 0.2) is 23.7 Å². The molecule has 17 heavy (non-hydrogen) atoms. The summed E-state index contributed by atoms with van der Waals surface area (Å²) in [6.07, 6.45) is 2.11. The number of carbonyl (C=O) groups excluding carboxylic acids is 2. The van der Waals surface area contributed by atoms with Crippen molar-refractivity contribution in [1.82, 2.24) is 0 Å². The molecule has 4 N–H and O–H groups in total. The van der Waals surface area contributed by atoms with E-state index in [0.29, 0.717) is 0 Å². The van der Waals surface area contributed by atoms with Gasteiger partial charge in [-0.15, -0.1) is 11.5 Å². The van der Waals surface area contributed by atoms with E-state index in [9.17, 15) is 19.8 Å². The molecule has 7 heteroatoms. The maximum atomic E-state index is 9.98.